The van der Waals surface area contributed by atoms with E-state index >= 15 is 0 Å². The first kappa shape index (κ1) is 12.6. The number of aryl methyl sites for hydroxylation is 1. The average Bonchev–Trinajstić information content (AvgIpc) is 3.04. The molecular weight excluding hydrogens is 278 g/mol. The Morgan fingerprint density at radius 1 is 1.42 bits per heavy atom. The van der Waals surface area contributed by atoms with Crippen LogP contribution in [0.4, 0.5) is 0 Å². The average molecular weight is 292 g/mol. The number of imidazole rings is 1. The summed E-state index contributed by atoms with van der Waals surface area (Å²) in [4.78, 5) is 9.03. The monoisotopic (exact) mass is 291 g/mol. The molecule has 3 rings (SSSR count). The zero-order valence-corrected chi connectivity index (χ0v) is 12.4. The minimum absolute atomic E-state index is 0.154. The minimum atomic E-state index is 0.154. The molecule has 0 N–H and O–H groups in total. The molecule has 1 atom stereocenters. The van der Waals surface area contributed by atoms with E-state index in [1.165, 1.54) is 5.56 Å². The third-order valence-corrected chi connectivity index (χ3v) is 4.42. The van der Waals surface area contributed by atoms with Crippen molar-refractivity contribution in [1.29, 1.82) is 0 Å². The van der Waals surface area contributed by atoms with Crippen LogP contribution in [0.2, 0.25) is 0 Å². The molecule has 2 aromatic heterocycles. The molecule has 0 spiro atoms. The highest BCUT2D eigenvalue weighted by atomic mass is 35.5. The van der Waals surface area contributed by atoms with Gasteiger partial charge in [-0.05, 0) is 31.5 Å². The molecule has 0 aliphatic carbocycles. The number of nitrogens with zero attached hydrogens (tertiary/aromatic N) is 3. The van der Waals surface area contributed by atoms with Crippen LogP contribution in [0.5, 0.6) is 0 Å². The lowest BCUT2D eigenvalue weighted by molar-refractivity contribution is 0.630. The summed E-state index contributed by atoms with van der Waals surface area (Å²) in [5.41, 5.74) is 3.32. The topological polar surface area (TPSA) is 30.7 Å². The van der Waals surface area contributed by atoms with Crippen molar-refractivity contribution in [3.63, 3.8) is 0 Å². The lowest BCUT2D eigenvalue weighted by Crippen LogP contribution is -2.09. The van der Waals surface area contributed by atoms with Crippen LogP contribution in [0.25, 0.3) is 11.0 Å². The number of benzene rings is 1. The SMILES string of the molecule is Cc1ccc2c(c1)nc(CCl)n2C(C)c1nccs1. The maximum Gasteiger partial charge on any atom is 0.125 e. The van der Waals surface area contributed by atoms with Crippen molar-refractivity contribution in [1.82, 2.24) is 14.5 Å². The van der Waals surface area contributed by atoms with Gasteiger partial charge in [-0.2, -0.15) is 0 Å². The van der Waals surface area contributed by atoms with Gasteiger partial charge in [0.15, 0.2) is 0 Å². The number of hydrogen-bond donors (Lipinski definition) is 0. The van der Waals surface area contributed by atoms with Gasteiger partial charge in [0.05, 0.1) is 23.0 Å². The predicted molar refractivity (Wildman–Crippen MR) is 80.0 cm³/mol. The van der Waals surface area contributed by atoms with Gasteiger partial charge in [0, 0.05) is 11.6 Å². The summed E-state index contributed by atoms with van der Waals surface area (Å²) >= 11 is 7.71. The lowest BCUT2D eigenvalue weighted by atomic mass is 10.2. The first-order chi connectivity index (χ1) is 9.20. The van der Waals surface area contributed by atoms with Crippen LogP contribution in [0.3, 0.4) is 0 Å². The molecule has 19 heavy (non-hydrogen) atoms. The fourth-order valence-corrected chi connectivity index (χ4v) is 3.21. The molecule has 0 radical (unpaired) electrons. The van der Waals surface area contributed by atoms with Crippen LogP contribution in [-0.2, 0) is 5.88 Å². The molecular formula is C14H14ClN3S. The molecule has 3 nitrogen and oxygen atoms in total. The Morgan fingerprint density at radius 2 is 2.26 bits per heavy atom. The van der Waals surface area contributed by atoms with E-state index in [2.05, 4.69) is 46.6 Å². The van der Waals surface area contributed by atoms with E-state index in [0.29, 0.717) is 5.88 Å². The largest absolute Gasteiger partial charge is 0.317 e. The van der Waals surface area contributed by atoms with E-state index in [1.54, 1.807) is 11.3 Å². The summed E-state index contributed by atoms with van der Waals surface area (Å²) in [6, 6.07) is 6.46. The molecule has 0 fully saturated rings. The fourth-order valence-electron chi connectivity index (χ4n) is 2.34. The highest BCUT2D eigenvalue weighted by molar-refractivity contribution is 7.09. The van der Waals surface area contributed by atoms with Crippen molar-refractivity contribution in [2.75, 3.05) is 0 Å². The van der Waals surface area contributed by atoms with E-state index < -0.39 is 0 Å². The maximum absolute atomic E-state index is 6.05. The Bertz CT molecular complexity index is 703. The Morgan fingerprint density at radius 3 is 2.95 bits per heavy atom. The van der Waals surface area contributed by atoms with E-state index in [4.69, 9.17) is 11.6 Å². The number of hydrogen-bond acceptors (Lipinski definition) is 3. The summed E-state index contributed by atoms with van der Waals surface area (Å²) in [6.45, 7) is 4.21. The summed E-state index contributed by atoms with van der Waals surface area (Å²) in [5, 5.41) is 3.07. The van der Waals surface area contributed by atoms with Crippen LogP contribution < -0.4 is 0 Å². The molecule has 98 valence electrons. The summed E-state index contributed by atoms with van der Waals surface area (Å²) in [5.74, 6) is 1.30. The number of thiazole rings is 1. The summed E-state index contributed by atoms with van der Waals surface area (Å²) in [6.07, 6.45) is 1.83. The minimum Gasteiger partial charge on any atom is -0.317 e. The van der Waals surface area contributed by atoms with Gasteiger partial charge in [0.2, 0.25) is 0 Å². The smallest absolute Gasteiger partial charge is 0.125 e. The van der Waals surface area contributed by atoms with Crippen molar-refractivity contribution in [3.8, 4) is 0 Å². The first-order valence-electron chi connectivity index (χ1n) is 6.13. The van der Waals surface area contributed by atoms with Gasteiger partial charge >= 0.3 is 0 Å². The van der Waals surface area contributed by atoms with Gasteiger partial charge in [0.25, 0.3) is 0 Å². The highest BCUT2D eigenvalue weighted by Crippen LogP contribution is 2.28. The second-order valence-electron chi connectivity index (χ2n) is 4.57. The second-order valence-corrected chi connectivity index (χ2v) is 5.76. The van der Waals surface area contributed by atoms with Gasteiger partial charge in [-0.25, -0.2) is 9.97 Å². The van der Waals surface area contributed by atoms with Gasteiger partial charge in [-0.1, -0.05) is 6.07 Å². The molecule has 0 aliphatic rings. The summed E-state index contributed by atoms with van der Waals surface area (Å²) in [7, 11) is 0. The van der Waals surface area contributed by atoms with E-state index in [-0.39, 0.29) is 6.04 Å². The number of rotatable bonds is 3. The molecule has 0 saturated heterocycles. The quantitative estimate of drug-likeness (QED) is 0.679. The molecule has 3 aromatic rings. The summed E-state index contributed by atoms with van der Waals surface area (Å²) < 4.78 is 2.18. The molecule has 2 heterocycles. The van der Waals surface area contributed by atoms with Crippen LogP contribution in [0.15, 0.2) is 29.8 Å². The standard InChI is InChI=1S/C14H14ClN3S/c1-9-3-4-12-11(7-9)17-13(8-15)18(12)10(2)14-16-5-6-19-14/h3-7,10H,8H2,1-2H3. The van der Waals surface area contributed by atoms with Crippen LogP contribution in [-0.4, -0.2) is 14.5 Å². The molecule has 5 heteroatoms. The van der Waals surface area contributed by atoms with Crippen LogP contribution in [0, 0.1) is 6.92 Å². The molecule has 1 aromatic carbocycles. The van der Waals surface area contributed by atoms with Gasteiger partial charge in [-0.15, -0.1) is 22.9 Å². The van der Waals surface area contributed by atoms with E-state index in [1.807, 2.05) is 11.6 Å². The normalized spacial score (nSPS) is 13.0. The highest BCUT2D eigenvalue weighted by Gasteiger charge is 2.18. The van der Waals surface area contributed by atoms with Crippen molar-refractivity contribution in [2.45, 2.75) is 25.8 Å². The molecule has 0 bridgehead atoms. The zero-order valence-electron chi connectivity index (χ0n) is 10.8. The Hall–Kier alpha value is -1.39. The van der Waals surface area contributed by atoms with Gasteiger partial charge in [0.1, 0.15) is 10.8 Å². The van der Waals surface area contributed by atoms with E-state index in [9.17, 15) is 0 Å². The Labute approximate surface area is 120 Å². The lowest BCUT2D eigenvalue weighted by Gasteiger charge is -2.14. The predicted octanol–water partition coefficient (Wildman–Crippen LogP) is 4.15. The van der Waals surface area contributed by atoms with Gasteiger partial charge in [-0.3, -0.25) is 0 Å². The number of alkyl halides is 1. The van der Waals surface area contributed by atoms with E-state index in [0.717, 1.165) is 21.9 Å². The molecule has 0 amide bonds. The third-order valence-electron chi connectivity index (χ3n) is 3.23. The van der Waals surface area contributed by atoms with Gasteiger partial charge < -0.3 is 4.57 Å². The number of aromatic nitrogens is 3. The Balaban J connectivity index is 2.21. The number of halogens is 1. The first-order valence-corrected chi connectivity index (χ1v) is 7.55. The third kappa shape index (κ3) is 2.15. The van der Waals surface area contributed by atoms with Crippen LogP contribution in [0.1, 0.15) is 29.4 Å². The van der Waals surface area contributed by atoms with Crippen molar-refractivity contribution < 1.29 is 0 Å². The van der Waals surface area contributed by atoms with Crippen molar-refractivity contribution >= 4 is 34.0 Å². The van der Waals surface area contributed by atoms with Crippen molar-refractivity contribution in [2.24, 2.45) is 0 Å². The maximum atomic E-state index is 6.05. The van der Waals surface area contributed by atoms with Crippen LogP contribution >= 0.6 is 22.9 Å². The fraction of sp³-hybridized carbons (Fsp3) is 0.286. The second kappa shape index (κ2) is 4.94. The molecule has 0 aliphatic heterocycles. The molecule has 0 saturated carbocycles. The number of fused-ring (bicyclic) bond motifs is 1. The molecule has 1 unspecified atom stereocenters. The Kier molecular flexibility index (Phi) is 3.29. The zero-order chi connectivity index (χ0) is 13.4. The van der Waals surface area contributed by atoms with Crippen molar-refractivity contribution in [3.05, 3.63) is 46.2 Å².